The number of rotatable bonds is 2. The summed E-state index contributed by atoms with van der Waals surface area (Å²) in [6, 6.07) is 12.6. The fourth-order valence-electron chi connectivity index (χ4n) is 2.44. The van der Waals surface area contributed by atoms with Gasteiger partial charge >= 0.3 is 0 Å². The predicted octanol–water partition coefficient (Wildman–Crippen LogP) is 3.65. The Hall–Kier alpha value is -1.36. The molecule has 3 nitrogen and oxygen atoms in total. The van der Waals surface area contributed by atoms with E-state index in [1.54, 1.807) is 4.90 Å². The average Bonchev–Trinajstić information content (AvgIpc) is 2.67. The van der Waals surface area contributed by atoms with Crippen LogP contribution in [0.1, 0.15) is 17.2 Å². The van der Waals surface area contributed by atoms with Crippen LogP contribution in [0.25, 0.3) is 0 Å². The van der Waals surface area contributed by atoms with Gasteiger partial charge in [-0.1, -0.05) is 51.8 Å². The largest absolute Gasteiger partial charge is 0.316 e. The summed E-state index contributed by atoms with van der Waals surface area (Å²) in [5.41, 5.74) is 8.61. The van der Waals surface area contributed by atoms with Crippen LogP contribution in [-0.4, -0.2) is 5.91 Å². The molecule has 0 bridgehead atoms. The van der Waals surface area contributed by atoms with Gasteiger partial charge in [-0.25, -0.2) is 0 Å². The molecule has 0 fully saturated rings. The predicted molar refractivity (Wildman–Crippen MR) is 83.7 cm³/mol. The van der Waals surface area contributed by atoms with Crippen LogP contribution in [0.3, 0.4) is 0 Å². The molecule has 0 aliphatic carbocycles. The standard InChI is InChI=1S/C15H12BrClN2O/c16-10-5-3-7-12-13(10)14(18)15(20)19(12)8-9-4-1-2-6-11(9)17/h1-7,14H,8,18H2. The fraction of sp³-hybridized carbons (Fsp3) is 0.133. The number of hydrogen-bond donors (Lipinski definition) is 1. The lowest BCUT2D eigenvalue weighted by Gasteiger charge is -2.18. The third kappa shape index (κ3) is 2.14. The molecule has 2 aromatic carbocycles. The molecule has 0 saturated carbocycles. The summed E-state index contributed by atoms with van der Waals surface area (Å²) in [5, 5.41) is 0.650. The molecule has 3 rings (SSSR count). The summed E-state index contributed by atoms with van der Waals surface area (Å²) in [5.74, 6) is -0.105. The highest BCUT2D eigenvalue weighted by Gasteiger charge is 2.36. The monoisotopic (exact) mass is 350 g/mol. The van der Waals surface area contributed by atoms with Gasteiger partial charge in [0.15, 0.2) is 0 Å². The normalized spacial score (nSPS) is 17.4. The number of hydrogen-bond acceptors (Lipinski definition) is 2. The molecule has 1 aliphatic heterocycles. The van der Waals surface area contributed by atoms with Crippen LogP contribution >= 0.6 is 27.5 Å². The molecule has 1 amide bonds. The van der Waals surface area contributed by atoms with Crippen molar-refractivity contribution < 1.29 is 4.79 Å². The van der Waals surface area contributed by atoms with Crippen LogP contribution in [0, 0.1) is 0 Å². The maximum atomic E-state index is 12.4. The summed E-state index contributed by atoms with van der Waals surface area (Å²) in [7, 11) is 0. The van der Waals surface area contributed by atoms with E-state index in [0.29, 0.717) is 11.6 Å². The van der Waals surface area contributed by atoms with Crippen molar-refractivity contribution in [3.8, 4) is 0 Å². The quantitative estimate of drug-likeness (QED) is 0.897. The van der Waals surface area contributed by atoms with Gasteiger partial charge in [0.2, 0.25) is 5.91 Å². The number of carbonyl (C=O) groups is 1. The molecular formula is C15H12BrClN2O. The molecule has 2 aromatic rings. The summed E-state index contributed by atoms with van der Waals surface area (Å²) in [6.45, 7) is 0.426. The minimum absolute atomic E-state index is 0.105. The van der Waals surface area contributed by atoms with Gasteiger partial charge in [0.1, 0.15) is 6.04 Å². The summed E-state index contributed by atoms with van der Waals surface area (Å²) >= 11 is 9.62. The van der Waals surface area contributed by atoms with Crippen molar-refractivity contribution in [2.45, 2.75) is 12.6 Å². The first-order valence-corrected chi connectivity index (χ1v) is 7.35. The van der Waals surface area contributed by atoms with E-state index in [9.17, 15) is 4.79 Å². The minimum Gasteiger partial charge on any atom is -0.316 e. The van der Waals surface area contributed by atoms with Crippen molar-refractivity contribution in [3.63, 3.8) is 0 Å². The molecule has 0 aromatic heterocycles. The second-order valence-corrected chi connectivity index (χ2v) is 5.93. The van der Waals surface area contributed by atoms with Crippen molar-refractivity contribution in [3.05, 3.63) is 63.1 Å². The maximum absolute atomic E-state index is 12.4. The second-order valence-electron chi connectivity index (χ2n) is 4.67. The van der Waals surface area contributed by atoms with Crippen LogP contribution in [0.2, 0.25) is 5.02 Å². The topological polar surface area (TPSA) is 46.3 Å². The lowest BCUT2D eigenvalue weighted by atomic mass is 10.1. The van der Waals surface area contributed by atoms with E-state index >= 15 is 0 Å². The van der Waals surface area contributed by atoms with Gasteiger partial charge in [0.25, 0.3) is 0 Å². The van der Waals surface area contributed by atoms with Crippen molar-refractivity contribution >= 4 is 39.1 Å². The highest BCUT2D eigenvalue weighted by molar-refractivity contribution is 9.10. The number of anilines is 1. The van der Waals surface area contributed by atoms with Crippen LogP contribution < -0.4 is 10.6 Å². The molecule has 1 heterocycles. The molecular weight excluding hydrogens is 340 g/mol. The van der Waals surface area contributed by atoms with E-state index in [1.165, 1.54) is 0 Å². The second kappa shape index (κ2) is 5.20. The number of benzene rings is 2. The molecule has 5 heteroatoms. The van der Waals surface area contributed by atoms with Crippen molar-refractivity contribution in [2.75, 3.05) is 4.90 Å². The van der Waals surface area contributed by atoms with Crippen molar-refractivity contribution in [1.29, 1.82) is 0 Å². The summed E-state index contributed by atoms with van der Waals surface area (Å²) in [6.07, 6.45) is 0. The Bertz CT molecular complexity index is 689. The number of carbonyl (C=O) groups excluding carboxylic acids is 1. The van der Waals surface area contributed by atoms with Gasteiger partial charge in [0.05, 0.1) is 12.2 Å². The number of nitrogens with zero attached hydrogens (tertiary/aromatic N) is 1. The van der Waals surface area contributed by atoms with Gasteiger partial charge in [-0.2, -0.15) is 0 Å². The minimum atomic E-state index is -0.622. The molecule has 20 heavy (non-hydrogen) atoms. The molecule has 0 saturated heterocycles. The molecule has 1 aliphatic rings. The molecule has 102 valence electrons. The van der Waals surface area contributed by atoms with Gasteiger partial charge in [-0.05, 0) is 23.8 Å². The Morgan fingerprint density at radius 3 is 2.70 bits per heavy atom. The van der Waals surface area contributed by atoms with E-state index in [4.69, 9.17) is 17.3 Å². The zero-order valence-electron chi connectivity index (χ0n) is 10.5. The highest BCUT2D eigenvalue weighted by Crippen LogP contribution is 2.40. The number of amides is 1. The third-order valence-electron chi connectivity index (χ3n) is 3.45. The van der Waals surface area contributed by atoms with Gasteiger partial charge in [-0.3, -0.25) is 4.79 Å². The van der Waals surface area contributed by atoms with Crippen LogP contribution in [0.4, 0.5) is 5.69 Å². The SMILES string of the molecule is NC1C(=O)N(Cc2ccccc2Cl)c2cccc(Br)c21. The fourth-order valence-corrected chi connectivity index (χ4v) is 3.24. The third-order valence-corrected chi connectivity index (χ3v) is 4.51. The summed E-state index contributed by atoms with van der Waals surface area (Å²) < 4.78 is 0.859. The number of fused-ring (bicyclic) bond motifs is 1. The Kier molecular flexibility index (Phi) is 3.54. The van der Waals surface area contributed by atoms with Crippen LogP contribution in [0.15, 0.2) is 46.9 Å². The van der Waals surface area contributed by atoms with Crippen molar-refractivity contribution in [1.82, 2.24) is 0 Å². The molecule has 1 atom stereocenters. The molecule has 0 radical (unpaired) electrons. The van der Waals surface area contributed by atoms with Gasteiger partial charge < -0.3 is 10.6 Å². The van der Waals surface area contributed by atoms with E-state index < -0.39 is 6.04 Å². The lowest BCUT2D eigenvalue weighted by Crippen LogP contribution is -2.31. The van der Waals surface area contributed by atoms with E-state index in [2.05, 4.69) is 15.9 Å². The molecule has 1 unspecified atom stereocenters. The van der Waals surface area contributed by atoms with E-state index in [-0.39, 0.29) is 5.91 Å². The smallest absolute Gasteiger partial charge is 0.248 e. The Labute approximate surface area is 130 Å². The molecule has 0 spiro atoms. The molecule has 2 N–H and O–H groups in total. The number of nitrogens with two attached hydrogens (primary N) is 1. The van der Waals surface area contributed by atoms with Crippen LogP contribution in [-0.2, 0) is 11.3 Å². The Balaban J connectivity index is 2.02. The first-order chi connectivity index (χ1) is 9.59. The maximum Gasteiger partial charge on any atom is 0.248 e. The first-order valence-electron chi connectivity index (χ1n) is 6.18. The first kappa shape index (κ1) is 13.6. The average molecular weight is 352 g/mol. The zero-order chi connectivity index (χ0) is 14.3. The lowest BCUT2D eigenvalue weighted by molar-refractivity contribution is -0.119. The Morgan fingerprint density at radius 1 is 1.20 bits per heavy atom. The summed E-state index contributed by atoms with van der Waals surface area (Å²) in [4.78, 5) is 14.1. The Morgan fingerprint density at radius 2 is 1.95 bits per heavy atom. The number of halogens is 2. The van der Waals surface area contributed by atoms with E-state index in [1.807, 2.05) is 42.5 Å². The zero-order valence-corrected chi connectivity index (χ0v) is 12.9. The van der Waals surface area contributed by atoms with Gasteiger partial charge in [0, 0.05) is 15.1 Å². The van der Waals surface area contributed by atoms with E-state index in [0.717, 1.165) is 21.3 Å². The van der Waals surface area contributed by atoms with Crippen LogP contribution in [0.5, 0.6) is 0 Å². The van der Waals surface area contributed by atoms with Crippen molar-refractivity contribution in [2.24, 2.45) is 5.73 Å². The highest BCUT2D eigenvalue weighted by atomic mass is 79.9. The van der Waals surface area contributed by atoms with Gasteiger partial charge in [-0.15, -0.1) is 0 Å².